The van der Waals surface area contributed by atoms with Crippen molar-refractivity contribution in [3.63, 3.8) is 0 Å². The van der Waals surface area contributed by atoms with Crippen molar-refractivity contribution in [2.24, 2.45) is 4.99 Å². The highest BCUT2D eigenvalue weighted by Crippen LogP contribution is 2.19. The first-order chi connectivity index (χ1) is 11.9. The summed E-state index contributed by atoms with van der Waals surface area (Å²) < 4.78 is 8.18. The van der Waals surface area contributed by atoms with Crippen LogP contribution in [0, 0.1) is 0 Å². The Balaban J connectivity index is 1.46. The Morgan fingerprint density at radius 3 is 2.46 bits per heavy atom. The lowest BCUT2D eigenvalue weighted by atomic mass is 10.1. The fourth-order valence-electron chi connectivity index (χ4n) is 3.14. The van der Waals surface area contributed by atoms with Crippen molar-refractivity contribution < 1.29 is 4.74 Å². The van der Waals surface area contributed by atoms with Gasteiger partial charge in [0.15, 0.2) is 5.96 Å². The van der Waals surface area contributed by atoms with Crippen molar-refractivity contribution in [3.05, 3.63) is 24.5 Å². The zero-order chi connectivity index (χ0) is 16.9. The van der Waals surface area contributed by atoms with Gasteiger partial charge >= 0.3 is 0 Å². The Hall–Kier alpha value is -1.49. The molecule has 1 aliphatic carbocycles. The van der Waals surface area contributed by atoms with Crippen molar-refractivity contribution in [2.75, 3.05) is 26.7 Å². The molecule has 1 heterocycles. The Morgan fingerprint density at radius 1 is 1.04 bits per heavy atom. The summed E-state index contributed by atoms with van der Waals surface area (Å²) in [5, 5.41) is 6.72. The first-order valence-corrected chi connectivity index (χ1v) is 9.55. The van der Waals surface area contributed by atoms with Crippen LogP contribution in [0.25, 0.3) is 0 Å². The molecule has 0 aliphatic heterocycles. The van der Waals surface area contributed by atoms with Crippen LogP contribution in [-0.2, 0) is 11.3 Å². The maximum atomic E-state index is 6.03. The summed E-state index contributed by atoms with van der Waals surface area (Å²) in [6.07, 6.45) is 14.9. The van der Waals surface area contributed by atoms with Gasteiger partial charge in [0, 0.05) is 45.7 Å². The van der Waals surface area contributed by atoms with E-state index in [1.165, 1.54) is 38.5 Å². The van der Waals surface area contributed by atoms with E-state index in [-0.39, 0.29) is 0 Å². The van der Waals surface area contributed by atoms with Gasteiger partial charge in [0.2, 0.25) is 0 Å². The summed E-state index contributed by atoms with van der Waals surface area (Å²) >= 11 is 0. The standard InChI is InChI=1S/C19H34N4O/c1-20-19(22-13-16-23-14-7-8-15-23)21-12-6-9-17-24-18-10-4-2-3-5-11-18/h7-8,14-15,18H,2-6,9-13,16-17H2,1H3,(H2,20,21,22). The molecular weight excluding hydrogens is 300 g/mol. The van der Waals surface area contributed by atoms with E-state index < -0.39 is 0 Å². The molecule has 0 unspecified atom stereocenters. The molecule has 5 heteroatoms. The summed E-state index contributed by atoms with van der Waals surface area (Å²) in [7, 11) is 1.82. The third kappa shape index (κ3) is 7.86. The van der Waals surface area contributed by atoms with E-state index >= 15 is 0 Å². The summed E-state index contributed by atoms with van der Waals surface area (Å²) in [4.78, 5) is 4.26. The maximum absolute atomic E-state index is 6.03. The smallest absolute Gasteiger partial charge is 0.191 e. The molecule has 0 aromatic carbocycles. The van der Waals surface area contributed by atoms with Gasteiger partial charge in [-0.1, -0.05) is 25.7 Å². The van der Waals surface area contributed by atoms with E-state index in [2.05, 4.69) is 32.6 Å². The second-order valence-electron chi connectivity index (χ2n) is 6.54. The quantitative estimate of drug-likeness (QED) is 0.316. The number of unbranched alkanes of at least 4 members (excludes halogenated alkanes) is 1. The van der Waals surface area contributed by atoms with E-state index in [9.17, 15) is 0 Å². The van der Waals surface area contributed by atoms with Crippen LogP contribution in [0.2, 0.25) is 0 Å². The molecule has 0 spiro atoms. The van der Waals surface area contributed by atoms with E-state index in [0.29, 0.717) is 6.10 Å². The fraction of sp³-hybridized carbons (Fsp3) is 0.737. The molecule has 0 amide bonds. The summed E-state index contributed by atoms with van der Waals surface area (Å²) in [6, 6.07) is 4.09. The average molecular weight is 335 g/mol. The number of aliphatic imine (C=N–C) groups is 1. The van der Waals surface area contributed by atoms with Crippen molar-refractivity contribution in [3.8, 4) is 0 Å². The number of aromatic nitrogens is 1. The highest BCUT2D eigenvalue weighted by Gasteiger charge is 2.11. The van der Waals surface area contributed by atoms with Crippen molar-refractivity contribution in [1.29, 1.82) is 0 Å². The number of nitrogens with zero attached hydrogens (tertiary/aromatic N) is 2. The van der Waals surface area contributed by atoms with Gasteiger partial charge < -0.3 is 19.9 Å². The maximum Gasteiger partial charge on any atom is 0.191 e. The lowest BCUT2D eigenvalue weighted by Gasteiger charge is -2.15. The zero-order valence-corrected chi connectivity index (χ0v) is 15.2. The van der Waals surface area contributed by atoms with Crippen LogP contribution in [0.15, 0.2) is 29.5 Å². The van der Waals surface area contributed by atoms with Crippen LogP contribution >= 0.6 is 0 Å². The van der Waals surface area contributed by atoms with Crippen molar-refractivity contribution in [2.45, 2.75) is 64.0 Å². The molecule has 1 saturated carbocycles. The van der Waals surface area contributed by atoms with Crippen molar-refractivity contribution >= 4 is 5.96 Å². The highest BCUT2D eigenvalue weighted by atomic mass is 16.5. The third-order valence-electron chi connectivity index (χ3n) is 4.57. The number of nitrogens with one attached hydrogen (secondary N) is 2. The predicted octanol–water partition coefficient (Wildman–Crippen LogP) is 3.17. The minimum atomic E-state index is 0.517. The Kier molecular flexibility index (Phi) is 9.39. The van der Waals surface area contributed by atoms with Crippen LogP contribution in [0.3, 0.4) is 0 Å². The molecule has 0 bridgehead atoms. The van der Waals surface area contributed by atoms with Gasteiger partial charge in [-0.3, -0.25) is 4.99 Å². The molecule has 2 rings (SSSR count). The molecule has 5 nitrogen and oxygen atoms in total. The first kappa shape index (κ1) is 18.8. The molecule has 0 atom stereocenters. The van der Waals surface area contributed by atoms with E-state index in [0.717, 1.165) is 45.0 Å². The minimum Gasteiger partial charge on any atom is -0.378 e. The molecule has 0 saturated heterocycles. The van der Waals surface area contributed by atoms with Gasteiger partial charge in [-0.2, -0.15) is 0 Å². The van der Waals surface area contributed by atoms with Gasteiger partial charge in [0.1, 0.15) is 0 Å². The van der Waals surface area contributed by atoms with Gasteiger partial charge in [-0.05, 0) is 37.8 Å². The number of ether oxygens (including phenoxy) is 1. The first-order valence-electron chi connectivity index (χ1n) is 9.55. The molecule has 24 heavy (non-hydrogen) atoms. The molecule has 1 fully saturated rings. The molecule has 1 aromatic heterocycles. The van der Waals surface area contributed by atoms with Gasteiger partial charge in [0.25, 0.3) is 0 Å². The van der Waals surface area contributed by atoms with E-state index in [1.807, 2.05) is 19.2 Å². The molecule has 1 aliphatic rings. The summed E-state index contributed by atoms with van der Waals surface area (Å²) in [5.74, 6) is 0.881. The monoisotopic (exact) mass is 334 g/mol. The van der Waals surface area contributed by atoms with Crippen LogP contribution < -0.4 is 10.6 Å². The van der Waals surface area contributed by atoms with E-state index in [4.69, 9.17) is 4.74 Å². The number of hydrogen-bond acceptors (Lipinski definition) is 2. The van der Waals surface area contributed by atoms with E-state index in [1.54, 1.807) is 0 Å². The van der Waals surface area contributed by atoms with Gasteiger partial charge in [-0.15, -0.1) is 0 Å². The normalized spacial score (nSPS) is 16.8. The molecule has 1 aromatic rings. The van der Waals surface area contributed by atoms with Crippen LogP contribution in [0.1, 0.15) is 51.4 Å². The Bertz CT molecular complexity index is 436. The van der Waals surface area contributed by atoms with Crippen LogP contribution in [0.4, 0.5) is 0 Å². The minimum absolute atomic E-state index is 0.517. The largest absolute Gasteiger partial charge is 0.378 e. The van der Waals surface area contributed by atoms with Crippen LogP contribution in [0.5, 0.6) is 0 Å². The van der Waals surface area contributed by atoms with Gasteiger partial charge in [-0.25, -0.2) is 0 Å². The second kappa shape index (κ2) is 12.0. The molecule has 0 radical (unpaired) electrons. The number of rotatable bonds is 9. The number of guanidine groups is 1. The predicted molar refractivity (Wildman–Crippen MR) is 100 cm³/mol. The highest BCUT2D eigenvalue weighted by molar-refractivity contribution is 5.79. The number of hydrogen-bond donors (Lipinski definition) is 2. The Labute approximate surface area is 146 Å². The second-order valence-corrected chi connectivity index (χ2v) is 6.54. The molecule has 136 valence electrons. The summed E-state index contributed by atoms with van der Waals surface area (Å²) in [5.41, 5.74) is 0. The van der Waals surface area contributed by atoms with Crippen LogP contribution in [-0.4, -0.2) is 43.4 Å². The van der Waals surface area contributed by atoms with Crippen molar-refractivity contribution in [1.82, 2.24) is 15.2 Å². The third-order valence-corrected chi connectivity index (χ3v) is 4.57. The topological polar surface area (TPSA) is 50.6 Å². The van der Waals surface area contributed by atoms with Gasteiger partial charge in [0.05, 0.1) is 6.10 Å². The summed E-state index contributed by atoms with van der Waals surface area (Å²) in [6.45, 7) is 3.66. The SMILES string of the molecule is CN=C(NCCCCOC1CCCCCC1)NCCn1cccc1. The lowest BCUT2D eigenvalue weighted by molar-refractivity contribution is 0.0411. The Morgan fingerprint density at radius 2 is 1.75 bits per heavy atom. The molecule has 2 N–H and O–H groups in total. The lowest BCUT2D eigenvalue weighted by Crippen LogP contribution is -2.39. The zero-order valence-electron chi connectivity index (χ0n) is 15.2. The average Bonchev–Trinajstić information content (AvgIpc) is 2.98. The fourth-order valence-corrected chi connectivity index (χ4v) is 3.14. The molecular formula is C19H34N4O.